The number of nitrogens with zero attached hydrogens (tertiary/aromatic N) is 3. The topological polar surface area (TPSA) is 63.3 Å². The summed E-state index contributed by atoms with van der Waals surface area (Å²) in [4.78, 5) is 0. The first-order chi connectivity index (χ1) is 8.70. The van der Waals surface area contributed by atoms with Crippen molar-refractivity contribution in [1.29, 1.82) is 0 Å². The van der Waals surface area contributed by atoms with Gasteiger partial charge in [0.2, 0.25) is 5.89 Å². The third kappa shape index (κ3) is 2.68. The predicted molar refractivity (Wildman–Crippen MR) is 61.3 cm³/mol. The van der Waals surface area contributed by atoms with Gasteiger partial charge >= 0.3 is 6.43 Å². The van der Waals surface area contributed by atoms with Crippen LogP contribution in [0, 0.1) is 0 Å². The summed E-state index contributed by atoms with van der Waals surface area (Å²) >= 11 is 0. The molecule has 1 N–H and O–H groups in total. The highest BCUT2D eigenvalue weighted by Crippen LogP contribution is 2.23. The lowest BCUT2D eigenvalue weighted by Crippen LogP contribution is -1.94. The number of alkyl halides is 2. The van der Waals surface area contributed by atoms with Crippen molar-refractivity contribution < 1.29 is 13.2 Å². The summed E-state index contributed by atoms with van der Waals surface area (Å²) in [6.07, 6.45) is -1.13. The molecule has 0 aliphatic rings. The van der Waals surface area contributed by atoms with Crippen LogP contribution in [0.3, 0.4) is 0 Å². The molecule has 1 heterocycles. The van der Waals surface area contributed by atoms with E-state index in [0.717, 1.165) is 5.56 Å². The van der Waals surface area contributed by atoms with E-state index in [0.29, 0.717) is 5.56 Å². The van der Waals surface area contributed by atoms with Crippen LogP contribution in [0.1, 0.15) is 17.9 Å². The highest BCUT2D eigenvalue weighted by Gasteiger charge is 2.16. The number of rotatable bonds is 4. The highest BCUT2D eigenvalue weighted by atomic mass is 19.3. The Balaban J connectivity index is 2.20. The summed E-state index contributed by atoms with van der Waals surface area (Å²) < 4.78 is 29.4. The molecule has 1 aromatic heterocycles. The number of hydrogen-bond acceptors (Lipinski definition) is 5. The number of nitrogens with one attached hydrogen (secondary N) is 1. The van der Waals surface area contributed by atoms with Gasteiger partial charge < -0.3 is 9.84 Å². The standard InChI is InChI=1S/C11H10F2N4O/c1-14-15-6-7-2-4-8(5-3-7)10-16-17-11(18-10)9(12)13/h2-6,9,14H,1H3/b15-6+. The van der Waals surface area contributed by atoms with E-state index < -0.39 is 12.3 Å². The van der Waals surface area contributed by atoms with Crippen molar-refractivity contribution in [3.8, 4) is 11.5 Å². The molecule has 0 aliphatic heterocycles. The monoisotopic (exact) mass is 252 g/mol. The van der Waals surface area contributed by atoms with Gasteiger partial charge in [0.25, 0.3) is 5.89 Å². The predicted octanol–water partition coefficient (Wildman–Crippen LogP) is 2.23. The minimum absolute atomic E-state index is 0.0717. The van der Waals surface area contributed by atoms with E-state index in [-0.39, 0.29) is 5.89 Å². The molecule has 7 heteroatoms. The molecule has 2 rings (SSSR count). The van der Waals surface area contributed by atoms with Crippen molar-refractivity contribution in [2.24, 2.45) is 5.10 Å². The maximum atomic E-state index is 12.3. The van der Waals surface area contributed by atoms with Crippen LogP contribution in [-0.2, 0) is 0 Å². The van der Waals surface area contributed by atoms with E-state index in [9.17, 15) is 8.78 Å². The van der Waals surface area contributed by atoms with Crippen LogP contribution >= 0.6 is 0 Å². The molecule has 94 valence electrons. The Labute approximate surface area is 102 Å². The van der Waals surface area contributed by atoms with Crippen LogP contribution in [0.25, 0.3) is 11.5 Å². The third-order valence-corrected chi connectivity index (χ3v) is 2.13. The van der Waals surface area contributed by atoms with Crippen molar-refractivity contribution in [3.05, 3.63) is 35.7 Å². The van der Waals surface area contributed by atoms with E-state index in [1.165, 1.54) is 0 Å². The number of hydrazone groups is 1. The molecule has 0 radical (unpaired) electrons. The zero-order valence-electron chi connectivity index (χ0n) is 9.47. The molecule has 0 spiro atoms. The minimum atomic E-state index is -2.76. The Bertz CT molecular complexity index is 536. The molecular weight excluding hydrogens is 242 g/mol. The molecule has 18 heavy (non-hydrogen) atoms. The second-order valence-electron chi connectivity index (χ2n) is 3.35. The van der Waals surface area contributed by atoms with E-state index in [2.05, 4.69) is 20.7 Å². The molecule has 0 bridgehead atoms. The molecule has 0 atom stereocenters. The second kappa shape index (κ2) is 5.35. The van der Waals surface area contributed by atoms with Gasteiger partial charge in [-0.05, 0) is 17.7 Å². The lowest BCUT2D eigenvalue weighted by atomic mass is 10.1. The second-order valence-corrected chi connectivity index (χ2v) is 3.35. The fourth-order valence-corrected chi connectivity index (χ4v) is 1.29. The van der Waals surface area contributed by atoms with Crippen molar-refractivity contribution in [3.63, 3.8) is 0 Å². The summed E-state index contributed by atoms with van der Waals surface area (Å²) in [5.41, 5.74) is 4.07. The van der Waals surface area contributed by atoms with E-state index >= 15 is 0 Å². The molecule has 0 saturated heterocycles. The van der Waals surface area contributed by atoms with Gasteiger partial charge in [-0.15, -0.1) is 10.2 Å². The summed E-state index contributed by atoms with van der Waals surface area (Å²) in [6.45, 7) is 0. The zero-order valence-corrected chi connectivity index (χ0v) is 9.47. The van der Waals surface area contributed by atoms with Gasteiger partial charge in [0, 0.05) is 12.6 Å². The Hall–Kier alpha value is -2.31. The summed E-state index contributed by atoms with van der Waals surface area (Å²) in [5.74, 6) is -0.603. The number of benzene rings is 1. The van der Waals surface area contributed by atoms with E-state index in [4.69, 9.17) is 4.42 Å². The highest BCUT2D eigenvalue weighted by molar-refractivity contribution is 5.80. The number of halogens is 2. The average Bonchev–Trinajstić information content (AvgIpc) is 2.87. The Kier molecular flexibility index (Phi) is 3.61. The van der Waals surface area contributed by atoms with Gasteiger partial charge in [0.1, 0.15) is 0 Å². The van der Waals surface area contributed by atoms with Gasteiger partial charge in [0.15, 0.2) is 0 Å². The molecule has 0 aliphatic carbocycles. The van der Waals surface area contributed by atoms with Crippen molar-refractivity contribution in [2.75, 3.05) is 7.05 Å². The molecule has 0 unspecified atom stereocenters. The first kappa shape index (κ1) is 12.2. The van der Waals surface area contributed by atoms with Crippen molar-refractivity contribution in [1.82, 2.24) is 15.6 Å². The maximum absolute atomic E-state index is 12.3. The van der Waals surface area contributed by atoms with Crippen molar-refractivity contribution >= 4 is 6.21 Å². The first-order valence-corrected chi connectivity index (χ1v) is 5.12. The molecule has 2 aromatic rings. The summed E-state index contributed by atoms with van der Waals surface area (Å²) in [6, 6.07) is 6.92. The molecule has 5 nitrogen and oxygen atoms in total. The Morgan fingerprint density at radius 3 is 2.56 bits per heavy atom. The lowest BCUT2D eigenvalue weighted by Gasteiger charge is -1.96. The van der Waals surface area contributed by atoms with Gasteiger partial charge in [-0.2, -0.15) is 13.9 Å². The minimum Gasteiger partial charge on any atom is -0.415 e. The number of aromatic nitrogens is 2. The van der Waals surface area contributed by atoms with Gasteiger partial charge in [-0.3, -0.25) is 0 Å². The molecule has 1 aromatic carbocycles. The van der Waals surface area contributed by atoms with Gasteiger partial charge in [-0.25, -0.2) is 0 Å². The van der Waals surface area contributed by atoms with Crippen LogP contribution < -0.4 is 5.43 Å². The third-order valence-electron chi connectivity index (χ3n) is 2.13. The smallest absolute Gasteiger partial charge is 0.314 e. The van der Waals surface area contributed by atoms with Crippen LogP contribution in [0.15, 0.2) is 33.8 Å². The largest absolute Gasteiger partial charge is 0.415 e. The molecular formula is C11H10F2N4O. The summed E-state index contributed by atoms with van der Waals surface area (Å²) in [5, 5.41) is 10.7. The van der Waals surface area contributed by atoms with E-state index in [1.807, 2.05) is 0 Å². The zero-order chi connectivity index (χ0) is 13.0. The van der Waals surface area contributed by atoms with Gasteiger partial charge in [-0.1, -0.05) is 12.1 Å². The first-order valence-electron chi connectivity index (χ1n) is 5.12. The quantitative estimate of drug-likeness (QED) is 0.669. The normalized spacial score (nSPS) is 11.3. The van der Waals surface area contributed by atoms with E-state index in [1.54, 1.807) is 37.5 Å². The fraction of sp³-hybridized carbons (Fsp3) is 0.182. The van der Waals surface area contributed by atoms with Crippen LogP contribution in [0.5, 0.6) is 0 Å². The summed E-state index contributed by atoms with van der Waals surface area (Å²) in [7, 11) is 1.69. The van der Waals surface area contributed by atoms with Crippen LogP contribution in [0.2, 0.25) is 0 Å². The Morgan fingerprint density at radius 2 is 2.00 bits per heavy atom. The van der Waals surface area contributed by atoms with Crippen LogP contribution in [0.4, 0.5) is 8.78 Å². The average molecular weight is 252 g/mol. The van der Waals surface area contributed by atoms with Gasteiger partial charge in [0.05, 0.1) is 6.21 Å². The molecule has 0 fully saturated rings. The molecule has 0 saturated carbocycles. The lowest BCUT2D eigenvalue weighted by molar-refractivity contribution is 0.116. The Morgan fingerprint density at radius 1 is 1.28 bits per heavy atom. The van der Waals surface area contributed by atoms with Crippen LogP contribution in [-0.4, -0.2) is 23.5 Å². The number of hydrogen-bond donors (Lipinski definition) is 1. The fourth-order valence-electron chi connectivity index (χ4n) is 1.29. The molecule has 0 amide bonds. The van der Waals surface area contributed by atoms with Crippen molar-refractivity contribution in [2.45, 2.75) is 6.43 Å². The SMILES string of the molecule is CN/N=C/c1ccc(-c2nnc(C(F)F)o2)cc1. The maximum Gasteiger partial charge on any atom is 0.314 e.